The molecule has 3 aromatic rings. The minimum Gasteiger partial charge on any atom is -0.363 e. The van der Waals surface area contributed by atoms with Crippen molar-refractivity contribution < 1.29 is 0 Å². The highest BCUT2D eigenvalue weighted by Gasteiger charge is 2.32. The van der Waals surface area contributed by atoms with Crippen molar-refractivity contribution in [3.05, 3.63) is 77.2 Å². The fourth-order valence-corrected chi connectivity index (χ4v) is 6.67. The Labute approximate surface area is 225 Å². The predicted octanol–water partition coefficient (Wildman–Crippen LogP) is 6.31. The number of hydrogen-bond acceptors (Lipinski definition) is 5. The molecule has 1 aromatic carbocycles. The molecule has 1 N–H and O–H groups in total. The van der Waals surface area contributed by atoms with Crippen LogP contribution in [0.5, 0.6) is 0 Å². The molecule has 4 aliphatic rings. The normalized spacial score (nSPS) is 20.0. The first-order chi connectivity index (χ1) is 18.6. The lowest BCUT2D eigenvalue weighted by molar-refractivity contribution is 0.338. The van der Waals surface area contributed by atoms with Crippen molar-refractivity contribution in [3.8, 4) is 0 Å². The van der Waals surface area contributed by atoms with E-state index in [4.69, 9.17) is 4.98 Å². The molecule has 0 saturated heterocycles. The second-order valence-corrected chi connectivity index (χ2v) is 11.9. The third kappa shape index (κ3) is 4.65. The lowest BCUT2D eigenvalue weighted by Gasteiger charge is -2.28. The third-order valence-corrected chi connectivity index (χ3v) is 9.20. The number of rotatable bonds is 8. The number of aromatic amines is 1. The first-order valence-electron chi connectivity index (χ1n) is 14.5. The van der Waals surface area contributed by atoms with Crippen LogP contribution in [-0.4, -0.2) is 56.4 Å². The van der Waals surface area contributed by atoms with Crippen molar-refractivity contribution >= 4 is 22.4 Å². The molecule has 6 nitrogen and oxygen atoms in total. The van der Waals surface area contributed by atoms with E-state index in [2.05, 4.69) is 62.6 Å². The van der Waals surface area contributed by atoms with Crippen LogP contribution in [0.15, 0.2) is 54.6 Å². The summed E-state index contributed by atoms with van der Waals surface area (Å²) in [7, 11) is 0. The number of H-pyrrole nitrogens is 1. The van der Waals surface area contributed by atoms with Crippen LogP contribution >= 0.6 is 0 Å². The molecule has 0 unspecified atom stereocenters. The summed E-state index contributed by atoms with van der Waals surface area (Å²) in [5.74, 6) is 1.55. The van der Waals surface area contributed by atoms with E-state index in [0.29, 0.717) is 5.92 Å². The fourth-order valence-electron chi connectivity index (χ4n) is 6.67. The average Bonchev–Trinajstić information content (AvgIpc) is 3.37. The third-order valence-electron chi connectivity index (χ3n) is 9.20. The van der Waals surface area contributed by atoms with E-state index in [1.807, 2.05) is 6.07 Å². The zero-order valence-electron chi connectivity index (χ0n) is 22.4. The Balaban J connectivity index is 1.01. The minimum absolute atomic E-state index is 0.661. The molecule has 0 bridgehead atoms. The summed E-state index contributed by atoms with van der Waals surface area (Å²) < 4.78 is 0. The summed E-state index contributed by atoms with van der Waals surface area (Å²) in [6.07, 6.45) is 12.0. The van der Waals surface area contributed by atoms with Gasteiger partial charge in [-0.15, -0.1) is 0 Å². The van der Waals surface area contributed by atoms with Crippen LogP contribution in [0, 0.1) is 5.92 Å². The zero-order valence-corrected chi connectivity index (χ0v) is 22.4. The summed E-state index contributed by atoms with van der Waals surface area (Å²) in [6, 6.07) is 10.9. The van der Waals surface area contributed by atoms with E-state index in [1.54, 1.807) is 0 Å². The van der Waals surface area contributed by atoms with Crippen LogP contribution in [0.2, 0.25) is 0 Å². The topological polar surface area (TPSA) is 60.9 Å². The van der Waals surface area contributed by atoms with Gasteiger partial charge >= 0.3 is 0 Å². The van der Waals surface area contributed by atoms with Crippen LogP contribution in [0.1, 0.15) is 79.8 Å². The van der Waals surface area contributed by atoms with Gasteiger partial charge in [0.1, 0.15) is 11.0 Å². The van der Waals surface area contributed by atoms with Gasteiger partial charge in [-0.1, -0.05) is 51.3 Å². The van der Waals surface area contributed by atoms with Crippen molar-refractivity contribution in [2.75, 3.05) is 26.2 Å². The summed E-state index contributed by atoms with van der Waals surface area (Å²) in [5.41, 5.74) is 12.0. The van der Waals surface area contributed by atoms with Gasteiger partial charge in [-0.25, -0.2) is 0 Å². The van der Waals surface area contributed by atoms with E-state index in [0.717, 1.165) is 66.5 Å². The number of benzene rings is 1. The maximum Gasteiger partial charge on any atom is 0.113 e. The zero-order chi connectivity index (χ0) is 25.6. The van der Waals surface area contributed by atoms with E-state index in [9.17, 15) is 0 Å². The van der Waals surface area contributed by atoms with Crippen LogP contribution < -0.4 is 0 Å². The van der Waals surface area contributed by atoms with Gasteiger partial charge in [0.05, 0.1) is 0 Å². The van der Waals surface area contributed by atoms with Gasteiger partial charge in [-0.3, -0.25) is 4.98 Å². The highest BCUT2D eigenvalue weighted by molar-refractivity contribution is 5.79. The molecule has 196 valence electrons. The van der Waals surface area contributed by atoms with Crippen LogP contribution in [0.3, 0.4) is 0 Å². The molecule has 7 rings (SSSR count). The lowest BCUT2D eigenvalue weighted by Crippen LogP contribution is -2.28. The van der Waals surface area contributed by atoms with Crippen LogP contribution in [-0.2, 0) is 6.42 Å². The smallest absolute Gasteiger partial charge is 0.113 e. The van der Waals surface area contributed by atoms with Gasteiger partial charge in [-0.05, 0) is 72.6 Å². The molecule has 2 saturated carbocycles. The molecule has 0 atom stereocenters. The van der Waals surface area contributed by atoms with E-state index >= 15 is 0 Å². The summed E-state index contributed by atoms with van der Waals surface area (Å²) in [4.78, 5) is 9.99. The molecule has 2 fully saturated rings. The van der Waals surface area contributed by atoms with Crippen molar-refractivity contribution in [1.29, 1.82) is 0 Å². The Morgan fingerprint density at radius 3 is 2.18 bits per heavy atom. The number of nitrogens with zero attached hydrogens (tertiary/aromatic N) is 5. The Morgan fingerprint density at radius 1 is 0.789 bits per heavy atom. The van der Waals surface area contributed by atoms with Gasteiger partial charge < -0.3 is 9.80 Å². The van der Waals surface area contributed by atoms with E-state index in [-0.39, 0.29) is 0 Å². The van der Waals surface area contributed by atoms with Crippen molar-refractivity contribution in [2.24, 2.45) is 5.92 Å². The molecule has 6 heteroatoms. The Bertz CT molecular complexity index is 1400. The number of fused-ring (bicyclic) bond motifs is 1. The van der Waals surface area contributed by atoms with Crippen molar-refractivity contribution in [2.45, 2.75) is 63.7 Å². The SMILES string of the molecule is C=C(c1cc(CCC2CCCCC2)nc(C2CC2)c1)N1CC2=C(C1)CN(C(=C)c1ccc3n[nH]nc3c1)C2. The second kappa shape index (κ2) is 9.72. The quantitative estimate of drug-likeness (QED) is 0.363. The molecule has 0 amide bonds. The average molecular weight is 507 g/mol. The molecule has 0 spiro atoms. The fraction of sp³-hybridized carbons (Fsp3) is 0.469. The van der Waals surface area contributed by atoms with E-state index < -0.39 is 0 Å². The standard InChI is InChI=1S/C32H38N6/c1-21(25-11-13-30-32(15-25)35-36-34-30)37-17-27-19-38(20-28(27)18-37)22(2)26-14-29(33-31(16-26)24-9-10-24)12-8-23-6-4-3-5-7-23/h11,13-16,23-24H,1-10,12,17-20H2,(H,34,35,36). The Kier molecular flexibility index (Phi) is 6.06. The summed E-state index contributed by atoms with van der Waals surface area (Å²) in [5, 5.41) is 11.1. The van der Waals surface area contributed by atoms with Gasteiger partial charge in [0.25, 0.3) is 0 Å². The summed E-state index contributed by atoms with van der Waals surface area (Å²) >= 11 is 0. The molecule has 2 aliphatic heterocycles. The van der Waals surface area contributed by atoms with Gasteiger partial charge in [-0.2, -0.15) is 15.4 Å². The molecule has 2 aliphatic carbocycles. The molecule has 2 aromatic heterocycles. The highest BCUT2D eigenvalue weighted by atomic mass is 15.3. The van der Waals surface area contributed by atoms with Crippen LogP contribution in [0.25, 0.3) is 22.4 Å². The molecular formula is C32H38N6. The minimum atomic E-state index is 0.661. The summed E-state index contributed by atoms with van der Waals surface area (Å²) in [6.45, 7) is 12.8. The Hall–Kier alpha value is -3.41. The molecule has 38 heavy (non-hydrogen) atoms. The van der Waals surface area contributed by atoms with Crippen LogP contribution in [0.4, 0.5) is 0 Å². The number of aromatic nitrogens is 4. The lowest BCUT2D eigenvalue weighted by atomic mass is 9.85. The highest BCUT2D eigenvalue weighted by Crippen LogP contribution is 2.41. The molecule has 0 radical (unpaired) electrons. The van der Waals surface area contributed by atoms with Gasteiger partial charge in [0.15, 0.2) is 0 Å². The van der Waals surface area contributed by atoms with Gasteiger partial charge in [0, 0.05) is 60.4 Å². The number of pyridine rings is 1. The maximum absolute atomic E-state index is 5.12. The van der Waals surface area contributed by atoms with Crippen molar-refractivity contribution in [1.82, 2.24) is 30.2 Å². The predicted molar refractivity (Wildman–Crippen MR) is 153 cm³/mol. The number of aryl methyl sites for hydroxylation is 1. The molecular weight excluding hydrogens is 468 g/mol. The maximum atomic E-state index is 5.12. The monoisotopic (exact) mass is 506 g/mol. The van der Waals surface area contributed by atoms with Crippen molar-refractivity contribution in [3.63, 3.8) is 0 Å². The number of nitrogens with one attached hydrogen (secondary N) is 1. The molecule has 4 heterocycles. The van der Waals surface area contributed by atoms with E-state index in [1.165, 1.54) is 79.5 Å². The Morgan fingerprint density at radius 2 is 1.47 bits per heavy atom. The largest absolute Gasteiger partial charge is 0.363 e. The first-order valence-corrected chi connectivity index (χ1v) is 14.5. The second-order valence-electron chi connectivity index (χ2n) is 11.9. The van der Waals surface area contributed by atoms with Gasteiger partial charge in [0.2, 0.25) is 0 Å². The number of hydrogen-bond donors (Lipinski definition) is 1. The first kappa shape index (κ1) is 23.7.